The molecule has 0 spiro atoms. The van der Waals surface area contributed by atoms with Crippen LogP contribution >= 0.6 is 11.6 Å². The molecule has 0 bridgehead atoms. The van der Waals surface area contributed by atoms with Crippen LogP contribution in [0.1, 0.15) is 19.3 Å². The van der Waals surface area contributed by atoms with Gasteiger partial charge in [0.15, 0.2) is 0 Å². The largest absolute Gasteiger partial charge is 0.495 e. The Morgan fingerprint density at radius 2 is 2.29 bits per heavy atom. The Balaban J connectivity index is 1.98. The molecule has 0 aromatic heterocycles. The third kappa shape index (κ3) is 4.33. The number of aliphatic hydroxyl groups is 1. The Hall–Kier alpha value is -1.30. The van der Waals surface area contributed by atoms with E-state index in [9.17, 15) is 4.79 Å². The van der Waals surface area contributed by atoms with Gasteiger partial charge in [-0.25, -0.2) is 0 Å². The number of carbonyl (C=O) groups is 1. The van der Waals surface area contributed by atoms with Crippen LogP contribution in [0.5, 0.6) is 5.75 Å². The molecule has 5 nitrogen and oxygen atoms in total. The van der Waals surface area contributed by atoms with Gasteiger partial charge in [0.25, 0.3) is 0 Å². The number of rotatable bonds is 7. The second kappa shape index (κ2) is 7.64. The first-order chi connectivity index (χ1) is 10.1. The van der Waals surface area contributed by atoms with E-state index >= 15 is 0 Å². The molecule has 6 heteroatoms. The highest BCUT2D eigenvalue weighted by molar-refractivity contribution is 6.31. The number of halogens is 1. The third-order valence-corrected chi connectivity index (χ3v) is 4.00. The average molecular weight is 313 g/mol. The lowest BCUT2D eigenvalue weighted by atomic mass is 9.91. The maximum atomic E-state index is 12.2. The number of ether oxygens (including phenoxy) is 1. The summed E-state index contributed by atoms with van der Waals surface area (Å²) in [5.74, 6) is 0.445. The molecule has 0 aliphatic heterocycles. The Morgan fingerprint density at radius 3 is 2.86 bits per heavy atom. The maximum absolute atomic E-state index is 12.2. The second-order valence-corrected chi connectivity index (χ2v) is 5.61. The number of benzene rings is 1. The summed E-state index contributed by atoms with van der Waals surface area (Å²) in [6.45, 7) is 0.843. The van der Waals surface area contributed by atoms with Gasteiger partial charge in [0.2, 0.25) is 5.91 Å². The summed E-state index contributed by atoms with van der Waals surface area (Å²) >= 11 is 5.94. The van der Waals surface area contributed by atoms with Crippen molar-refractivity contribution in [2.24, 2.45) is 0 Å². The van der Waals surface area contributed by atoms with Crippen molar-refractivity contribution in [1.82, 2.24) is 4.90 Å². The molecule has 1 aromatic rings. The lowest BCUT2D eigenvalue weighted by Gasteiger charge is -2.36. The number of methoxy groups -OCH3 is 1. The Labute approximate surface area is 129 Å². The highest BCUT2D eigenvalue weighted by Gasteiger charge is 2.26. The van der Waals surface area contributed by atoms with Crippen molar-refractivity contribution in [3.63, 3.8) is 0 Å². The normalized spacial score (nSPS) is 14.9. The van der Waals surface area contributed by atoms with Crippen LogP contribution in [0.4, 0.5) is 5.69 Å². The van der Waals surface area contributed by atoms with Crippen LogP contribution < -0.4 is 10.1 Å². The summed E-state index contributed by atoms with van der Waals surface area (Å²) in [6, 6.07) is 5.50. The molecular formula is C15H21ClN2O3. The van der Waals surface area contributed by atoms with Crippen molar-refractivity contribution in [3.05, 3.63) is 23.2 Å². The van der Waals surface area contributed by atoms with Crippen molar-refractivity contribution in [1.29, 1.82) is 0 Å². The number of amides is 1. The molecule has 1 aliphatic rings. The summed E-state index contributed by atoms with van der Waals surface area (Å²) in [5, 5.41) is 12.5. The van der Waals surface area contributed by atoms with Crippen molar-refractivity contribution >= 4 is 23.2 Å². The van der Waals surface area contributed by atoms with Crippen LogP contribution in [0.3, 0.4) is 0 Å². The number of carbonyl (C=O) groups excluding carboxylic acids is 1. The molecular weight excluding hydrogens is 292 g/mol. The van der Waals surface area contributed by atoms with E-state index in [2.05, 4.69) is 5.32 Å². The van der Waals surface area contributed by atoms with E-state index in [1.54, 1.807) is 25.3 Å². The summed E-state index contributed by atoms with van der Waals surface area (Å²) in [6.07, 6.45) is 3.37. The lowest BCUT2D eigenvalue weighted by molar-refractivity contribution is -0.118. The van der Waals surface area contributed by atoms with Gasteiger partial charge in [-0.2, -0.15) is 0 Å². The fourth-order valence-electron chi connectivity index (χ4n) is 2.42. The first-order valence-corrected chi connectivity index (χ1v) is 7.50. The van der Waals surface area contributed by atoms with Crippen LogP contribution in [0, 0.1) is 0 Å². The Kier molecular flexibility index (Phi) is 5.85. The summed E-state index contributed by atoms with van der Waals surface area (Å²) < 4.78 is 5.21. The molecule has 2 N–H and O–H groups in total. The van der Waals surface area contributed by atoms with Crippen molar-refractivity contribution in [2.75, 3.05) is 32.1 Å². The molecule has 1 aliphatic carbocycles. The number of aliphatic hydroxyl groups excluding tert-OH is 1. The molecule has 1 aromatic carbocycles. The number of anilines is 1. The molecule has 116 valence electrons. The fourth-order valence-corrected chi connectivity index (χ4v) is 2.60. The molecule has 21 heavy (non-hydrogen) atoms. The predicted octanol–water partition coefficient (Wildman–Crippen LogP) is 2.13. The zero-order chi connectivity index (χ0) is 15.2. The maximum Gasteiger partial charge on any atom is 0.238 e. The van der Waals surface area contributed by atoms with Crippen LogP contribution in [-0.4, -0.2) is 48.8 Å². The first-order valence-electron chi connectivity index (χ1n) is 7.12. The zero-order valence-electron chi connectivity index (χ0n) is 12.1. The number of nitrogens with one attached hydrogen (secondary N) is 1. The van der Waals surface area contributed by atoms with Crippen molar-refractivity contribution < 1.29 is 14.6 Å². The Morgan fingerprint density at radius 1 is 1.52 bits per heavy atom. The average Bonchev–Trinajstić information content (AvgIpc) is 2.37. The lowest BCUT2D eigenvalue weighted by Crippen LogP contribution is -2.45. The molecule has 0 atom stereocenters. The number of hydrogen-bond acceptors (Lipinski definition) is 4. The van der Waals surface area contributed by atoms with E-state index < -0.39 is 0 Å². The number of hydrogen-bond donors (Lipinski definition) is 2. The quantitative estimate of drug-likeness (QED) is 0.810. The fraction of sp³-hybridized carbons (Fsp3) is 0.533. The highest BCUT2D eigenvalue weighted by atomic mass is 35.5. The molecule has 1 amide bonds. The van der Waals surface area contributed by atoms with Gasteiger partial charge >= 0.3 is 0 Å². The molecule has 0 radical (unpaired) electrons. The smallest absolute Gasteiger partial charge is 0.238 e. The minimum atomic E-state index is -0.129. The standard InChI is InChI=1S/C15H21ClN2O3/c1-21-14-6-5-11(16)9-13(14)17-15(20)10-18(7-8-19)12-3-2-4-12/h5-6,9,12,19H,2-4,7-8,10H2,1H3,(H,17,20). The molecule has 0 unspecified atom stereocenters. The summed E-state index contributed by atoms with van der Waals surface area (Å²) in [5.41, 5.74) is 0.563. The summed E-state index contributed by atoms with van der Waals surface area (Å²) in [7, 11) is 1.55. The minimum absolute atomic E-state index is 0.0598. The van der Waals surface area contributed by atoms with Crippen LogP contribution in [0.15, 0.2) is 18.2 Å². The van der Waals surface area contributed by atoms with E-state index in [-0.39, 0.29) is 19.1 Å². The van der Waals surface area contributed by atoms with Gasteiger partial charge in [0.05, 0.1) is 25.9 Å². The van der Waals surface area contributed by atoms with Gasteiger partial charge in [0.1, 0.15) is 5.75 Å². The summed E-state index contributed by atoms with van der Waals surface area (Å²) in [4.78, 5) is 14.2. The van der Waals surface area contributed by atoms with E-state index in [4.69, 9.17) is 21.4 Å². The molecule has 0 heterocycles. The topological polar surface area (TPSA) is 61.8 Å². The van der Waals surface area contributed by atoms with Gasteiger partial charge in [-0.15, -0.1) is 0 Å². The van der Waals surface area contributed by atoms with Crippen LogP contribution in [0.25, 0.3) is 0 Å². The Bertz CT molecular complexity index is 492. The molecule has 1 fully saturated rings. The minimum Gasteiger partial charge on any atom is -0.495 e. The van der Waals surface area contributed by atoms with Gasteiger partial charge < -0.3 is 15.2 Å². The van der Waals surface area contributed by atoms with Crippen molar-refractivity contribution in [3.8, 4) is 5.75 Å². The van der Waals surface area contributed by atoms with Gasteiger partial charge in [-0.1, -0.05) is 18.0 Å². The van der Waals surface area contributed by atoms with Crippen LogP contribution in [0.2, 0.25) is 5.02 Å². The van der Waals surface area contributed by atoms with Crippen molar-refractivity contribution in [2.45, 2.75) is 25.3 Å². The molecule has 2 rings (SSSR count). The SMILES string of the molecule is COc1ccc(Cl)cc1NC(=O)CN(CCO)C1CCC1. The highest BCUT2D eigenvalue weighted by Crippen LogP contribution is 2.28. The van der Waals surface area contributed by atoms with E-state index in [1.807, 2.05) is 4.90 Å². The van der Waals surface area contributed by atoms with E-state index in [0.29, 0.717) is 29.0 Å². The predicted molar refractivity (Wildman–Crippen MR) is 82.9 cm³/mol. The molecule has 0 saturated heterocycles. The van der Waals surface area contributed by atoms with Crippen LogP contribution in [-0.2, 0) is 4.79 Å². The first kappa shape index (κ1) is 16.1. The van der Waals surface area contributed by atoms with E-state index in [0.717, 1.165) is 12.8 Å². The van der Waals surface area contributed by atoms with Gasteiger partial charge in [0, 0.05) is 17.6 Å². The van der Waals surface area contributed by atoms with Gasteiger partial charge in [-0.3, -0.25) is 9.69 Å². The second-order valence-electron chi connectivity index (χ2n) is 5.17. The molecule has 1 saturated carbocycles. The zero-order valence-corrected chi connectivity index (χ0v) is 12.9. The van der Waals surface area contributed by atoms with E-state index in [1.165, 1.54) is 6.42 Å². The van der Waals surface area contributed by atoms with Gasteiger partial charge in [-0.05, 0) is 31.0 Å². The number of nitrogens with zero attached hydrogens (tertiary/aromatic N) is 1. The third-order valence-electron chi connectivity index (χ3n) is 3.76. The monoisotopic (exact) mass is 312 g/mol.